The summed E-state index contributed by atoms with van der Waals surface area (Å²) in [4.78, 5) is 25.6. The van der Waals surface area contributed by atoms with Gasteiger partial charge in [0.1, 0.15) is 17.6 Å². The Kier molecular flexibility index (Phi) is 4.46. The van der Waals surface area contributed by atoms with Crippen LogP contribution in [0.25, 0.3) is 0 Å². The number of carbonyl (C=O) groups excluding carboxylic acids is 2. The third-order valence-corrected chi connectivity index (χ3v) is 3.75. The van der Waals surface area contributed by atoms with Crippen LogP contribution in [0.2, 0.25) is 0 Å². The van der Waals surface area contributed by atoms with Gasteiger partial charge in [-0.3, -0.25) is 9.59 Å². The summed E-state index contributed by atoms with van der Waals surface area (Å²) < 4.78 is 19.2. The van der Waals surface area contributed by atoms with Crippen molar-refractivity contribution in [2.75, 3.05) is 16.8 Å². The molecular weight excluding hydrogens is 311 g/mol. The van der Waals surface area contributed by atoms with Crippen LogP contribution in [0.1, 0.15) is 13.3 Å². The molecule has 1 saturated heterocycles. The van der Waals surface area contributed by atoms with E-state index in [2.05, 4.69) is 5.32 Å². The minimum atomic E-state index is -0.713. The van der Waals surface area contributed by atoms with E-state index in [9.17, 15) is 14.0 Å². The predicted octanol–water partition coefficient (Wildman–Crippen LogP) is 2.97. The van der Waals surface area contributed by atoms with E-state index in [4.69, 9.17) is 4.74 Å². The molecule has 1 aliphatic heterocycles. The predicted molar refractivity (Wildman–Crippen MR) is 88.5 cm³/mol. The Balaban J connectivity index is 1.75. The van der Waals surface area contributed by atoms with Crippen molar-refractivity contribution < 1.29 is 18.7 Å². The van der Waals surface area contributed by atoms with Gasteiger partial charge >= 0.3 is 0 Å². The summed E-state index contributed by atoms with van der Waals surface area (Å²) in [6.45, 7) is 2.46. The zero-order valence-corrected chi connectivity index (χ0v) is 13.2. The highest BCUT2D eigenvalue weighted by Crippen LogP contribution is 2.27. The molecule has 124 valence electrons. The second-order valence-electron chi connectivity index (χ2n) is 5.38. The molecule has 0 spiro atoms. The van der Waals surface area contributed by atoms with Crippen LogP contribution in [-0.2, 0) is 9.59 Å². The van der Waals surface area contributed by atoms with Crippen LogP contribution in [0.4, 0.5) is 15.8 Å². The lowest BCUT2D eigenvalue weighted by Gasteiger charge is -2.16. The third-order valence-electron chi connectivity index (χ3n) is 3.75. The van der Waals surface area contributed by atoms with E-state index in [1.807, 2.05) is 6.92 Å². The van der Waals surface area contributed by atoms with Crippen LogP contribution in [0, 0.1) is 5.82 Å². The smallest absolute Gasteiger partial charge is 0.256 e. The standard InChI is InChI=1S/C18H17FN2O3/c1-2-24-13-9-7-12(8-10-13)20-15-11-17(22)21(18(15)23)16-6-4-3-5-14(16)19/h3-10,15,20H,2,11H2,1H3. The molecule has 0 radical (unpaired) electrons. The van der Waals surface area contributed by atoms with Gasteiger partial charge in [0, 0.05) is 5.69 Å². The van der Waals surface area contributed by atoms with Crippen LogP contribution in [0.3, 0.4) is 0 Å². The summed E-state index contributed by atoms with van der Waals surface area (Å²) in [7, 11) is 0. The molecular formula is C18H17FN2O3. The number of benzene rings is 2. The molecule has 0 aliphatic carbocycles. The van der Waals surface area contributed by atoms with Crippen LogP contribution in [-0.4, -0.2) is 24.5 Å². The number of rotatable bonds is 5. The molecule has 24 heavy (non-hydrogen) atoms. The number of carbonyl (C=O) groups is 2. The number of hydrogen-bond donors (Lipinski definition) is 1. The van der Waals surface area contributed by atoms with Crippen molar-refractivity contribution in [3.8, 4) is 5.75 Å². The highest BCUT2D eigenvalue weighted by Gasteiger charge is 2.40. The number of hydrogen-bond acceptors (Lipinski definition) is 4. The van der Waals surface area contributed by atoms with E-state index >= 15 is 0 Å². The summed E-state index contributed by atoms with van der Waals surface area (Å²) in [5.74, 6) is -0.752. The van der Waals surface area contributed by atoms with Gasteiger partial charge in [-0.05, 0) is 43.3 Å². The highest BCUT2D eigenvalue weighted by molar-refractivity contribution is 6.23. The number of nitrogens with zero attached hydrogens (tertiary/aromatic N) is 1. The summed E-state index contributed by atoms with van der Waals surface area (Å²) in [6.07, 6.45) is -0.0135. The van der Waals surface area contributed by atoms with E-state index in [0.717, 1.165) is 10.6 Å². The maximum Gasteiger partial charge on any atom is 0.256 e. The average Bonchev–Trinajstić information content (AvgIpc) is 2.84. The van der Waals surface area contributed by atoms with Crippen molar-refractivity contribution >= 4 is 23.2 Å². The molecule has 0 bridgehead atoms. The SMILES string of the molecule is CCOc1ccc(NC2CC(=O)N(c3ccccc3F)C2=O)cc1. The number of halogens is 1. The first kappa shape index (κ1) is 16.0. The molecule has 1 atom stereocenters. The Morgan fingerprint density at radius 2 is 1.88 bits per heavy atom. The van der Waals surface area contributed by atoms with Gasteiger partial charge in [-0.25, -0.2) is 9.29 Å². The lowest BCUT2D eigenvalue weighted by Crippen LogP contribution is -2.35. The van der Waals surface area contributed by atoms with E-state index in [1.165, 1.54) is 18.2 Å². The van der Waals surface area contributed by atoms with Gasteiger partial charge in [0.25, 0.3) is 5.91 Å². The third kappa shape index (κ3) is 3.08. The molecule has 2 aromatic rings. The zero-order chi connectivity index (χ0) is 17.1. The number of amides is 2. The molecule has 1 N–H and O–H groups in total. The monoisotopic (exact) mass is 328 g/mol. The zero-order valence-electron chi connectivity index (χ0n) is 13.2. The van der Waals surface area contributed by atoms with E-state index in [0.29, 0.717) is 12.3 Å². The van der Waals surface area contributed by atoms with Gasteiger partial charge in [-0.15, -0.1) is 0 Å². The molecule has 3 rings (SSSR count). The van der Waals surface area contributed by atoms with Gasteiger partial charge in [-0.2, -0.15) is 0 Å². The lowest BCUT2D eigenvalue weighted by atomic mass is 10.2. The highest BCUT2D eigenvalue weighted by atomic mass is 19.1. The van der Waals surface area contributed by atoms with Crippen molar-refractivity contribution in [3.63, 3.8) is 0 Å². The van der Waals surface area contributed by atoms with Crippen molar-refractivity contribution in [2.24, 2.45) is 0 Å². The van der Waals surface area contributed by atoms with E-state index < -0.39 is 23.7 Å². The lowest BCUT2D eigenvalue weighted by molar-refractivity contribution is -0.121. The van der Waals surface area contributed by atoms with Crippen LogP contribution in [0.15, 0.2) is 48.5 Å². The molecule has 2 amide bonds. The summed E-state index contributed by atoms with van der Waals surface area (Å²) in [5, 5.41) is 3.02. The van der Waals surface area contributed by atoms with Crippen molar-refractivity contribution in [2.45, 2.75) is 19.4 Å². The molecule has 1 heterocycles. The molecule has 2 aromatic carbocycles. The molecule has 1 aliphatic rings. The second-order valence-corrected chi connectivity index (χ2v) is 5.38. The number of anilines is 2. The summed E-state index contributed by atoms with van der Waals surface area (Å²) >= 11 is 0. The second kappa shape index (κ2) is 6.70. The normalized spacial score (nSPS) is 17.2. The number of imide groups is 1. The topological polar surface area (TPSA) is 58.6 Å². The maximum absolute atomic E-state index is 13.9. The molecule has 0 aromatic heterocycles. The number of para-hydroxylation sites is 1. The Bertz CT molecular complexity index is 761. The van der Waals surface area contributed by atoms with Crippen molar-refractivity contribution in [1.29, 1.82) is 0 Å². The Morgan fingerprint density at radius 3 is 2.54 bits per heavy atom. The fourth-order valence-corrected chi connectivity index (χ4v) is 2.65. The van der Waals surface area contributed by atoms with Gasteiger partial charge in [0.05, 0.1) is 18.7 Å². The molecule has 1 unspecified atom stereocenters. The van der Waals surface area contributed by atoms with Crippen molar-refractivity contribution in [3.05, 3.63) is 54.3 Å². The van der Waals surface area contributed by atoms with E-state index in [1.54, 1.807) is 30.3 Å². The largest absolute Gasteiger partial charge is 0.494 e. The Labute approximate surface area is 139 Å². The van der Waals surface area contributed by atoms with E-state index in [-0.39, 0.29) is 12.1 Å². The van der Waals surface area contributed by atoms with Crippen LogP contribution >= 0.6 is 0 Å². The average molecular weight is 328 g/mol. The van der Waals surface area contributed by atoms with Gasteiger partial charge in [-0.1, -0.05) is 12.1 Å². The summed E-state index contributed by atoms with van der Waals surface area (Å²) in [5.41, 5.74) is 0.684. The molecule has 1 fully saturated rings. The molecule has 6 heteroatoms. The van der Waals surface area contributed by atoms with Gasteiger partial charge in [0.2, 0.25) is 5.91 Å². The minimum Gasteiger partial charge on any atom is -0.494 e. The number of nitrogens with one attached hydrogen (secondary N) is 1. The first-order valence-corrected chi connectivity index (χ1v) is 7.71. The number of ether oxygens (including phenoxy) is 1. The minimum absolute atomic E-state index is 0.0107. The summed E-state index contributed by atoms with van der Waals surface area (Å²) in [6, 6.07) is 12.1. The fraction of sp³-hybridized carbons (Fsp3) is 0.222. The van der Waals surface area contributed by atoms with Crippen LogP contribution in [0.5, 0.6) is 5.75 Å². The van der Waals surface area contributed by atoms with Crippen molar-refractivity contribution in [1.82, 2.24) is 0 Å². The van der Waals surface area contributed by atoms with Gasteiger partial charge < -0.3 is 10.1 Å². The first-order valence-electron chi connectivity index (χ1n) is 7.71. The fourth-order valence-electron chi connectivity index (χ4n) is 2.65. The molecule has 0 saturated carbocycles. The van der Waals surface area contributed by atoms with Gasteiger partial charge in [0.15, 0.2) is 0 Å². The Hall–Kier alpha value is -2.89. The first-order chi connectivity index (χ1) is 11.6. The quantitative estimate of drug-likeness (QED) is 0.857. The Morgan fingerprint density at radius 1 is 1.17 bits per heavy atom. The molecule has 5 nitrogen and oxygen atoms in total. The van der Waals surface area contributed by atoms with Crippen LogP contribution < -0.4 is 15.0 Å². The maximum atomic E-state index is 13.9.